The zero-order valence-electron chi connectivity index (χ0n) is 6.95. The molecule has 13 heavy (non-hydrogen) atoms. The fourth-order valence-corrected chi connectivity index (χ4v) is 2.38. The molecule has 0 nitrogen and oxygen atoms in total. The van der Waals surface area contributed by atoms with Crippen molar-refractivity contribution in [2.45, 2.75) is 13.1 Å². The van der Waals surface area contributed by atoms with Gasteiger partial charge in [-0.1, -0.05) is 31.3 Å². The molecule has 0 N–H and O–H groups in total. The first-order chi connectivity index (χ1) is 5.96. The van der Waals surface area contributed by atoms with Gasteiger partial charge in [0.1, 0.15) is 0 Å². The molecule has 0 radical (unpaired) electrons. The van der Waals surface area contributed by atoms with Crippen LogP contribution in [-0.2, 0) is 6.18 Å². The predicted octanol–water partition coefficient (Wildman–Crippen LogP) is 3.59. The zero-order chi connectivity index (χ0) is 10.1. The third-order valence-corrected chi connectivity index (χ3v) is 3.71. The first-order valence-corrected chi connectivity index (χ1v) is 6.12. The standard InChI is InChI=1S/C9H8F3I/c1-6-7(9(10,11)12)4-3-5-8(6)13-2/h3-5H,2H2,1H3. The van der Waals surface area contributed by atoms with Gasteiger partial charge in [0.2, 0.25) is 0 Å². The average Bonchev–Trinajstić information content (AvgIpc) is 2.02. The molecule has 1 aromatic rings. The monoisotopic (exact) mass is 300 g/mol. The number of benzene rings is 1. The van der Waals surface area contributed by atoms with E-state index < -0.39 is 32.5 Å². The Bertz CT molecular complexity index is 328. The van der Waals surface area contributed by atoms with Crippen molar-refractivity contribution in [1.82, 2.24) is 0 Å². The van der Waals surface area contributed by atoms with Crippen LogP contribution in [0.4, 0.5) is 13.2 Å². The highest BCUT2D eigenvalue weighted by Crippen LogP contribution is 2.33. The van der Waals surface area contributed by atoms with Crippen molar-refractivity contribution in [3.63, 3.8) is 0 Å². The van der Waals surface area contributed by atoms with Crippen LogP contribution < -0.4 is 0 Å². The largest absolute Gasteiger partial charge is 0.416 e. The minimum Gasteiger partial charge on any atom is -0.166 e. The van der Waals surface area contributed by atoms with Gasteiger partial charge in [0.05, 0.1) is 5.56 Å². The minimum atomic E-state index is -4.24. The van der Waals surface area contributed by atoms with Crippen molar-refractivity contribution in [3.05, 3.63) is 32.9 Å². The zero-order valence-corrected chi connectivity index (χ0v) is 9.11. The summed E-state index contributed by atoms with van der Waals surface area (Å²) in [5.74, 6) is 0. The van der Waals surface area contributed by atoms with Gasteiger partial charge in [-0.25, -0.2) is 0 Å². The molecule has 0 heterocycles. The summed E-state index contributed by atoms with van der Waals surface area (Å²) in [5, 5.41) is 0. The first kappa shape index (κ1) is 10.7. The van der Waals surface area contributed by atoms with Gasteiger partial charge in [-0.2, -0.15) is 13.2 Å². The molecular formula is C9H8F3I. The Kier molecular flexibility index (Phi) is 3.10. The summed E-state index contributed by atoms with van der Waals surface area (Å²) in [6.45, 7) is 1.50. The molecule has 0 aliphatic carbocycles. The van der Waals surface area contributed by atoms with Crippen molar-refractivity contribution < 1.29 is 13.2 Å². The lowest BCUT2D eigenvalue weighted by Gasteiger charge is -2.11. The van der Waals surface area contributed by atoms with E-state index in [0.717, 1.165) is 9.64 Å². The minimum absolute atomic E-state index is 0.331. The highest BCUT2D eigenvalue weighted by Gasteiger charge is 2.32. The molecule has 0 aromatic heterocycles. The molecule has 1 rings (SSSR count). The van der Waals surface area contributed by atoms with E-state index >= 15 is 0 Å². The summed E-state index contributed by atoms with van der Waals surface area (Å²) < 4.78 is 41.5. The van der Waals surface area contributed by atoms with Crippen LogP contribution in [0.15, 0.2) is 18.2 Å². The van der Waals surface area contributed by atoms with E-state index in [0.29, 0.717) is 5.56 Å². The summed E-state index contributed by atoms with van der Waals surface area (Å²) in [6, 6.07) is 4.26. The summed E-state index contributed by atoms with van der Waals surface area (Å²) in [4.78, 5) is 0. The Morgan fingerprint density at radius 1 is 1.31 bits per heavy atom. The molecule has 4 heteroatoms. The summed E-state index contributed by atoms with van der Waals surface area (Å²) in [5.41, 5.74) is -0.203. The summed E-state index contributed by atoms with van der Waals surface area (Å²) in [6.07, 6.45) is -4.24. The van der Waals surface area contributed by atoms with Crippen LogP contribution in [0, 0.1) is 10.5 Å². The van der Waals surface area contributed by atoms with Crippen LogP contribution in [0.5, 0.6) is 0 Å². The number of alkyl halides is 3. The van der Waals surface area contributed by atoms with Crippen molar-refractivity contribution in [2.75, 3.05) is 0 Å². The number of halogens is 4. The van der Waals surface area contributed by atoms with E-state index in [1.807, 2.05) is 0 Å². The number of rotatable bonds is 1. The van der Waals surface area contributed by atoms with Gasteiger partial charge in [-0.3, -0.25) is 0 Å². The second-order valence-corrected chi connectivity index (χ2v) is 4.47. The van der Waals surface area contributed by atoms with Crippen LogP contribution in [0.2, 0.25) is 0 Å². The smallest absolute Gasteiger partial charge is 0.166 e. The van der Waals surface area contributed by atoms with Crippen LogP contribution in [0.1, 0.15) is 11.1 Å². The number of hydrogen-bond acceptors (Lipinski definition) is 0. The van der Waals surface area contributed by atoms with Gasteiger partial charge in [-0.15, -0.1) is 0 Å². The van der Waals surface area contributed by atoms with Crippen molar-refractivity contribution >= 4 is 25.2 Å². The molecule has 0 atom stereocenters. The molecule has 0 saturated carbocycles. The molecule has 72 valence electrons. The molecule has 0 unspecified atom stereocenters. The summed E-state index contributed by atoms with van der Waals surface area (Å²) >= 11 is -0.527. The molecule has 0 amide bonds. The highest BCUT2D eigenvalue weighted by molar-refractivity contribution is 14.2. The molecular weight excluding hydrogens is 292 g/mol. The lowest BCUT2D eigenvalue weighted by molar-refractivity contribution is -0.138. The van der Waals surface area contributed by atoms with Gasteiger partial charge in [0.25, 0.3) is 0 Å². The predicted molar refractivity (Wildman–Crippen MR) is 56.0 cm³/mol. The van der Waals surface area contributed by atoms with Gasteiger partial charge in [-0.05, 0) is 24.6 Å². The van der Waals surface area contributed by atoms with Gasteiger partial charge in [0.15, 0.2) is 0 Å². The molecule has 0 fully saturated rings. The topological polar surface area (TPSA) is 0 Å². The third-order valence-electron chi connectivity index (χ3n) is 1.72. The van der Waals surface area contributed by atoms with Crippen LogP contribution in [0.3, 0.4) is 0 Å². The quantitative estimate of drug-likeness (QED) is 0.695. The highest BCUT2D eigenvalue weighted by atomic mass is 127. The Morgan fingerprint density at radius 3 is 2.38 bits per heavy atom. The molecule has 0 aliphatic heterocycles. The van der Waals surface area contributed by atoms with Crippen molar-refractivity contribution in [1.29, 1.82) is 0 Å². The Balaban J connectivity index is 3.32. The normalized spacial score (nSPS) is 11.7. The fourth-order valence-electron chi connectivity index (χ4n) is 1.06. The van der Waals surface area contributed by atoms with E-state index in [4.69, 9.17) is 0 Å². The maximum absolute atomic E-state index is 12.4. The second kappa shape index (κ2) is 3.77. The lowest BCUT2D eigenvalue weighted by atomic mass is 10.1. The van der Waals surface area contributed by atoms with E-state index in [1.165, 1.54) is 13.0 Å². The molecule has 1 aromatic carbocycles. The molecule has 0 bridgehead atoms. The van der Waals surface area contributed by atoms with E-state index in [9.17, 15) is 13.2 Å². The number of hydrogen-bond donors (Lipinski definition) is 0. The van der Waals surface area contributed by atoms with Crippen molar-refractivity contribution in [2.24, 2.45) is 0 Å². The van der Waals surface area contributed by atoms with E-state index in [2.05, 4.69) is 4.51 Å². The van der Waals surface area contributed by atoms with Crippen LogP contribution in [-0.4, -0.2) is 4.51 Å². The van der Waals surface area contributed by atoms with Gasteiger partial charge < -0.3 is 0 Å². The van der Waals surface area contributed by atoms with Crippen LogP contribution >= 0.6 is 20.7 Å². The molecule has 0 saturated heterocycles. The second-order valence-electron chi connectivity index (χ2n) is 2.54. The Hall–Kier alpha value is -0.390. The van der Waals surface area contributed by atoms with Crippen LogP contribution in [0.25, 0.3) is 0 Å². The fraction of sp³-hybridized carbons (Fsp3) is 0.222. The third kappa shape index (κ3) is 2.30. The van der Waals surface area contributed by atoms with E-state index in [-0.39, 0.29) is 0 Å². The first-order valence-electron chi connectivity index (χ1n) is 3.52. The lowest BCUT2D eigenvalue weighted by Crippen LogP contribution is -2.08. The van der Waals surface area contributed by atoms with Gasteiger partial charge >= 0.3 is 6.18 Å². The molecule has 0 aliphatic rings. The molecule has 0 spiro atoms. The maximum atomic E-state index is 12.4. The van der Waals surface area contributed by atoms with Gasteiger partial charge in [0, 0.05) is 3.57 Å². The summed E-state index contributed by atoms with van der Waals surface area (Å²) in [7, 11) is 0. The van der Waals surface area contributed by atoms with E-state index in [1.54, 1.807) is 6.07 Å². The average molecular weight is 300 g/mol. The van der Waals surface area contributed by atoms with Crippen molar-refractivity contribution in [3.8, 4) is 0 Å². The SMILES string of the molecule is C=Ic1cccc(C(F)(F)F)c1C. The Labute approximate surface area is 84.5 Å². The Morgan fingerprint density at radius 2 is 1.92 bits per heavy atom. The maximum Gasteiger partial charge on any atom is 0.416 e.